The maximum Gasteiger partial charge on any atom is 0.240 e. The van der Waals surface area contributed by atoms with Gasteiger partial charge in [-0.3, -0.25) is 0 Å². The summed E-state index contributed by atoms with van der Waals surface area (Å²) in [4.78, 5) is 4.37. The van der Waals surface area contributed by atoms with Gasteiger partial charge in [0.2, 0.25) is 11.7 Å². The molecule has 0 spiro atoms. The summed E-state index contributed by atoms with van der Waals surface area (Å²) in [7, 11) is 1.67. The fraction of sp³-hybridized carbons (Fsp3) is 0.467. The molecule has 0 aliphatic carbocycles. The molecule has 1 aromatic carbocycles. The Balaban J connectivity index is 1.97. The largest absolute Gasteiger partial charge is 0.383 e. The Morgan fingerprint density at radius 1 is 1.25 bits per heavy atom. The third-order valence-corrected chi connectivity index (χ3v) is 3.06. The standard InChI is InChI=1S/C15H21N3O2/c1-11(2)12-4-6-13(7-5-12)15-17-14(20-18-15)10-16-8-9-19-3/h4-7,11,16H,8-10H2,1-3H3. The van der Waals surface area contributed by atoms with Gasteiger partial charge in [-0.25, -0.2) is 0 Å². The van der Waals surface area contributed by atoms with E-state index >= 15 is 0 Å². The van der Waals surface area contributed by atoms with Crippen LogP contribution < -0.4 is 5.32 Å². The molecule has 0 aliphatic heterocycles. The summed E-state index contributed by atoms with van der Waals surface area (Å²) >= 11 is 0. The van der Waals surface area contributed by atoms with Crippen LogP contribution in [0, 0.1) is 0 Å². The van der Waals surface area contributed by atoms with Crippen LogP contribution >= 0.6 is 0 Å². The van der Waals surface area contributed by atoms with Gasteiger partial charge in [-0.1, -0.05) is 43.3 Å². The number of hydrogen-bond acceptors (Lipinski definition) is 5. The number of benzene rings is 1. The maximum absolute atomic E-state index is 5.21. The molecule has 1 aromatic heterocycles. The molecule has 0 aliphatic rings. The topological polar surface area (TPSA) is 60.2 Å². The van der Waals surface area contributed by atoms with Crippen molar-refractivity contribution < 1.29 is 9.26 Å². The Morgan fingerprint density at radius 2 is 2.00 bits per heavy atom. The molecule has 1 heterocycles. The van der Waals surface area contributed by atoms with Gasteiger partial charge in [-0.05, 0) is 11.5 Å². The summed E-state index contributed by atoms with van der Waals surface area (Å²) in [6, 6.07) is 8.27. The fourth-order valence-corrected chi connectivity index (χ4v) is 1.83. The van der Waals surface area contributed by atoms with E-state index in [0.717, 1.165) is 12.1 Å². The Labute approximate surface area is 119 Å². The second-order valence-electron chi connectivity index (χ2n) is 4.96. The maximum atomic E-state index is 5.21. The van der Waals surface area contributed by atoms with Gasteiger partial charge in [0.1, 0.15) is 0 Å². The zero-order chi connectivity index (χ0) is 14.4. The normalized spacial score (nSPS) is 11.2. The quantitative estimate of drug-likeness (QED) is 0.787. The Hall–Kier alpha value is -1.72. The van der Waals surface area contributed by atoms with Crippen molar-refractivity contribution in [2.24, 2.45) is 0 Å². The zero-order valence-corrected chi connectivity index (χ0v) is 12.2. The van der Waals surface area contributed by atoms with E-state index in [0.29, 0.717) is 30.8 Å². The lowest BCUT2D eigenvalue weighted by atomic mass is 10.0. The molecule has 2 aromatic rings. The van der Waals surface area contributed by atoms with E-state index in [4.69, 9.17) is 9.26 Å². The van der Waals surface area contributed by atoms with E-state index in [1.54, 1.807) is 7.11 Å². The average molecular weight is 275 g/mol. The molecule has 0 bridgehead atoms. The minimum Gasteiger partial charge on any atom is -0.383 e. The average Bonchev–Trinajstić information content (AvgIpc) is 2.92. The van der Waals surface area contributed by atoms with Gasteiger partial charge in [-0.15, -0.1) is 0 Å². The smallest absolute Gasteiger partial charge is 0.240 e. The Morgan fingerprint density at radius 3 is 2.65 bits per heavy atom. The van der Waals surface area contributed by atoms with Crippen LogP contribution in [0.1, 0.15) is 31.2 Å². The van der Waals surface area contributed by atoms with Crippen LogP contribution in [0.15, 0.2) is 28.8 Å². The van der Waals surface area contributed by atoms with Gasteiger partial charge in [0.15, 0.2) is 0 Å². The first kappa shape index (κ1) is 14.7. The van der Waals surface area contributed by atoms with Gasteiger partial charge in [0.25, 0.3) is 0 Å². The highest BCUT2D eigenvalue weighted by atomic mass is 16.5. The van der Waals surface area contributed by atoms with Crippen molar-refractivity contribution in [3.8, 4) is 11.4 Å². The number of nitrogens with zero attached hydrogens (tertiary/aromatic N) is 2. The van der Waals surface area contributed by atoms with E-state index in [9.17, 15) is 0 Å². The molecular weight excluding hydrogens is 254 g/mol. The zero-order valence-electron chi connectivity index (χ0n) is 12.2. The van der Waals surface area contributed by atoms with Gasteiger partial charge in [0, 0.05) is 19.2 Å². The second-order valence-corrected chi connectivity index (χ2v) is 4.96. The summed E-state index contributed by atoms with van der Waals surface area (Å²) in [5.74, 6) is 1.74. The van der Waals surface area contributed by atoms with Crippen molar-refractivity contribution in [1.82, 2.24) is 15.5 Å². The molecule has 1 N–H and O–H groups in total. The number of aromatic nitrogens is 2. The van der Waals surface area contributed by atoms with Crippen molar-refractivity contribution in [3.63, 3.8) is 0 Å². The fourth-order valence-electron chi connectivity index (χ4n) is 1.83. The molecule has 0 saturated heterocycles. The molecule has 0 saturated carbocycles. The summed E-state index contributed by atoms with van der Waals surface area (Å²) in [6.07, 6.45) is 0. The second kappa shape index (κ2) is 7.17. The molecule has 0 atom stereocenters. The lowest BCUT2D eigenvalue weighted by Crippen LogP contribution is -2.18. The van der Waals surface area contributed by atoms with Gasteiger partial charge in [-0.2, -0.15) is 4.98 Å². The molecule has 108 valence electrons. The number of hydrogen-bond donors (Lipinski definition) is 1. The Bertz CT molecular complexity index is 520. The minimum atomic E-state index is 0.523. The lowest BCUT2D eigenvalue weighted by molar-refractivity contribution is 0.197. The van der Waals surface area contributed by atoms with E-state index in [1.165, 1.54) is 5.56 Å². The first-order chi connectivity index (χ1) is 9.70. The summed E-state index contributed by atoms with van der Waals surface area (Å²) < 4.78 is 10.2. The molecular formula is C15H21N3O2. The molecule has 0 unspecified atom stereocenters. The van der Waals surface area contributed by atoms with Crippen molar-refractivity contribution in [2.45, 2.75) is 26.3 Å². The van der Waals surface area contributed by atoms with Gasteiger partial charge < -0.3 is 14.6 Å². The van der Waals surface area contributed by atoms with E-state index in [-0.39, 0.29) is 0 Å². The van der Waals surface area contributed by atoms with Crippen molar-refractivity contribution >= 4 is 0 Å². The summed E-state index contributed by atoms with van der Waals surface area (Å²) in [5.41, 5.74) is 2.28. The summed E-state index contributed by atoms with van der Waals surface area (Å²) in [5, 5.41) is 7.17. The van der Waals surface area contributed by atoms with Crippen LogP contribution in [0.25, 0.3) is 11.4 Å². The minimum absolute atomic E-state index is 0.523. The molecule has 5 nitrogen and oxygen atoms in total. The van der Waals surface area contributed by atoms with Crippen LogP contribution in [-0.2, 0) is 11.3 Å². The number of methoxy groups -OCH3 is 1. The van der Waals surface area contributed by atoms with Gasteiger partial charge >= 0.3 is 0 Å². The molecule has 0 radical (unpaired) electrons. The van der Waals surface area contributed by atoms with Crippen LogP contribution in [0.5, 0.6) is 0 Å². The van der Waals surface area contributed by atoms with Crippen molar-refractivity contribution in [2.75, 3.05) is 20.3 Å². The van der Waals surface area contributed by atoms with Crippen LogP contribution in [-0.4, -0.2) is 30.4 Å². The predicted molar refractivity (Wildman–Crippen MR) is 77.4 cm³/mol. The highest BCUT2D eigenvalue weighted by Gasteiger charge is 2.08. The van der Waals surface area contributed by atoms with E-state index < -0.39 is 0 Å². The highest BCUT2D eigenvalue weighted by molar-refractivity contribution is 5.54. The number of ether oxygens (including phenoxy) is 1. The molecule has 2 rings (SSSR count). The van der Waals surface area contributed by atoms with Crippen LogP contribution in [0.2, 0.25) is 0 Å². The van der Waals surface area contributed by atoms with E-state index in [2.05, 4.69) is 41.4 Å². The van der Waals surface area contributed by atoms with Crippen molar-refractivity contribution in [1.29, 1.82) is 0 Å². The lowest BCUT2D eigenvalue weighted by Gasteiger charge is -2.04. The first-order valence-electron chi connectivity index (χ1n) is 6.83. The third kappa shape index (κ3) is 3.88. The highest BCUT2D eigenvalue weighted by Crippen LogP contribution is 2.20. The molecule has 20 heavy (non-hydrogen) atoms. The SMILES string of the molecule is COCCNCc1nc(-c2ccc(C(C)C)cc2)no1. The Kier molecular flexibility index (Phi) is 5.26. The number of nitrogens with one attached hydrogen (secondary N) is 1. The molecule has 0 amide bonds. The monoisotopic (exact) mass is 275 g/mol. The first-order valence-corrected chi connectivity index (χ1v) is 6.83. The molecule has 0 fully saturated rings. The summed E-state index contributed by atoms with van der Waals surface area (Å²) in [6.45, 7) is 6.33. The van der Waals surface area contributed by atoms with Gasteiger partial charge in [0.05, 0.1) is 13.2 Å². The third-order valence-electron chi connectivity index (χ3n) is 3.06. The van der Waals surface area contributed by atoms with Crippen LogP contribution in [0.4, 0.5) is 0 Å². The number of rotatable bonds is 7. The van der Waals surface area contributed by atoms with Crippen molar-refractivity contribution in [3.05, 3.63) is 35.7 Å². The van der Waals surface area contributed by atoms with E-state index in [1.807, 2.05) is 12.1 Å². The predicted octanol–water partition coefficient (Wildman–Crippen LogP) is 2.60. The molecule has 5 heteroatoms. The van der Waals surface area contributed by atoms with Crippen LogP contribution in [0.3, 0.4) is 0 Å².